The standard InChI is InChI=1S/C7H10N2.C2H6/c1-3-5-6-7(4-2)9-8;1-2/h4,8H,6H2,1-2H3;1-2H3/b7-4-,9-8?;. The van der Waals surface area contributed by atoms with Crippen LogP contribution in [0.1, 0.15) is 34.1 Å². The van der Waals surface area contributed by atoms with Crippen LogP contribution in [0.25, 0.3) is 0 Å². The molecular weight excluding hydrogens is 136 g/mol. The minimum absolute atomic E-state index is 0.594. The van der Waals surface area contributed by atoms with Gasteiger partial charge >= 0.3 is 0 Å². The van der Waals surface area contributed by atoms with Gasteiger partial charge in [0, 0.05) is 0 Å². The molecule has 0 spiro atoms. The van der Waals surface area contributed by atoms with Gasteiger partial charge in [0.25, 0.3) is 0 Å². The summed E-state index contributed by atoms with van der Waals surface area (Å²) >= 11 is 0. The van der Waals surface area contributed by atoms with Crippen LogP contribution < -0.4 is 0 Å². The molecule has 0 saturated carbocycles. The van der Waals surface area contributed by atoms with Crippen LogP contribution in [0, 0.1) is 17.4 Å². The van der Waals surface area contributed by atoms with Gasteiger partial charge in [0.1, 0.15) is 0 Å². The Hall–Kier alpha value is -1.10. The molecular formula is C9H16N2. The lowest BCUT2D eigenvalue weighted by molar-refractivity contribution is 1.01. The summed E-state index contributed by atoms with van der Waals surface area (Å²) in [7, 11) is 0. The van der Waals surface area contributed by atoms with Crippen molar-refractivity contribution in [2.45, 2.75) is 34.1 Å². The average molecular weight is 152 g/mol. The first-order valence-corrected chi connectivity index (χ1v) is 3.77. The summed E-state index contributed by atoms with van der Waals surface area (Å²) in [5.41, 5.74) is 7.35. The van der Waals surface area contributed by atoms with Crippen molar-refractivity contribution >= 4 is 0 Å². The van der Waals surface area contributed by atoms with Gasteiger partial charge in [-0.25, -0.2) is 5.53 Å². The van der Waals surface area contributed by atoms with Gasteiger partial charge in [-0.05, 0) is 13.8 Å². The minimum atomic E-state index is 0.594. The highest BCUT2D eigenvalue weighted by molar-refractivity contribution is 5.09. The predicted molar refractivity (Wildman–Crippen MR) is 48.3 cm³/mol. The number of nitrogens with zero attached hydrogens (tertiary/aromatic N) is 1. The summed E-state index contributed by atoms with van der Waals surface area (Å²) in [5.74, 6) is 5.55. The molecule has 0 aliphatic carbocycles. The van der Waals surface area contributed by atoms with E-state index in [4.69, 9.17) is 5.53 Å². The maximum absolute atomic E-state index is 6.63. The molecule has 62 valence electrons. The van der Waals surface area contributed by atoms with Crippen LogP contribution in [0.2, 0.25) is 0 Å². The summed E-state index contributed by atoms with van der Waals surface area (Å²) in [4.78, 5) is 0. The van der Waals surface area contributed by atoms with Crippen LogP contribution >= 0.6 is 0 Å². The Morgan fingerprint density at radius 3 is 2.36 bits per heavy atom. The zero-order chi connectivity index (χ0) is 9.11. The van der Waals surface area contributed by atoms with Crippen molar-refractivity contribution in [2.75, 3.05) is 0 Å². The maximum Gasteiger partial charge on any atom is 0.0700 e. The van der Waals surface area contributed by atoms with Gasteiger partial charge in [0.15, 0.2) is 0 Å². The van der Waals surface area contributed by atoms with E-state index in [0.29, 0.717) is 6.42 Å². The molecule has 0 aromatic rings. The molecule has 2 nitrogen and oxygen atoms in total. The van der Waals surface area contributed by atoms with E-state index in [0.717, 1.165) is 5.70 Å². The molecule has 0 saturated heterocycles. The van der Waals surface area contributed by atoms with E-state index in [1.807, 2.05) is 20.8 Å². The second kappa shape index (κ2) is 11.7. The van der Waals surface area contributed by atoms with Gasteiger partial charge in [-0.2, -0.15) is 5.11 Å². The van der Waals surface area contributed by atoms with E-state index in [1.54, 1.807) is 13.0 Å². The summed E-state index contributed by atoms with van der Waals surface area (Å²) < 4.78 is 0. The number of rotatable bonds is 2. The van der Waals surface area contributed by atoms with Crippen LogP contribution in [0.5, 0.6) is 0 Å². The zero-order valence-corrected chi connectivity index (χ0v) is 7.73. The number of hydrogen-bond acceptors (Lipinski definition) is 2. The van der Waals surface area contributed by atoms with Crippen molar-refractivity contribution in [1.82, 2.24) is 0 Å². The van der Waals surface area contributed by atoms with Crippen molar-refractivity contribution in [3.05, 3.63) is 11.8 Å². The highest BCUT2D eigenvalue weighted by Crippen LogP contribution is 1.99. The van der Waals surface area contributed by atoms with Crippen LogP contribution in [0.15, 0.2) is 16.9 Å². The van der Waals surface area contributed by atoms with E-state index in [1.165, 1.54) is 0 Å². The first-order chi connectivity index (χ1) is 5.35. The molecule has 0 aliphatic heterocycles. The third kappa shape index (κ3) is 8.90. The molecule has 11 heavy (non-hydrogen) atoms. The Morgan fingerprint density at radius 1 is 1.55 bits per heavy atom. The van der Waals surface area contributed by atoms with Crippen LogP contribution in [-0.2, 0) is 0 Å². The predicted octanol–water partition coefficient (Wildman–Crippen LogP) is 3.36. The van der Waals surface area contributed by atoms with Gasteiger partial charge in [-0.3, -0.25) is 0 Å². The van der Waals surface area contributed by atoms with E-state index in [2.05, 4.69) is 17.0 Å². The zero-order valence-electron chi connectivity index (χ0n) is 7.73. The second-order valence-corrected chi connectivity index (χ2v) is 1.50. The highest BCUT2D eigenvalue weighted by Gasteiger charge is 1.84. The van der Waals surface area contributed by atoms with E-state index in [9.17, 15) is 0 Å². The summed E-state index contributed by atoms with van der Waals surface area (Å²) in [6, 6.07) is 0. The molecule has 0 aromatic carbocycles. The lowest BCUT2D eigenvalue weighted by atomic mass is 10.3. The molecule has 0 aromatic heterocycles. The Balaban J connectivity index is 0. The Morgan fingerprint density at radius 2 is 2.09 bits per heavy atom. The number of nitrogens with one attached hydrogen (secondary N) is 1. The summed E-state index contributed by atoms with van der Waals surface area (Å²) in [6.07, 6.45) is 2.38. The number of hydrogen-bond donors (Lipinski definition) is 1. The third-order valence-electron chi connectivity index (χ3n) is 0.923. The van der Waals surface area contributed by atoms with E-state index >= 15 is 0 Å². The fraction of sp³-hybridized carbons (Fsp3) is 0.556. The van der Waals surface area contributed by atoms with Crippen LogP contribution in [-0.4, -0.2) is 0 Å². The van der Waals surface area contributed by atoms with Gasteiger partial charge in [-0.1, -0.05) is 25.8 Å². The van der Waals surface area contributed by atoms with Crippen molar-refractivity contribution < 1.29 is 0 Å². The van der Waals surface area contributed by atoms with Crippen molar-refractivity contribution in [2.24, 2.45) is 5.11 Å². The Kier molecular flexibility index (Phi) is 13.3. The fourth-order valence-corrected chi connectivity index (χ4v) is 0.385. The Labute approximate surface area is 69.2 Å². The summed E-state index contributed by atoms with van der Waals surface area (Å²) in [6.45, 7) is 7.63. The fourth-order valence-electron chi connectivity index (χ4n) is 0.385. The molecule has 0 atom stereocenters. The summed E-state index contributed by atoms with van der Waals surface area (Å²) in [5, 5.41) is 3.25. The largest absolute Gasteiger partial charge is 0.205 e. The molecule has 0 rings (SSSR count). The maximum atomic E-state index is 6.63. The molecule has 0 unspecified atom stereocenters. The van der Waals surface area contributed by atoms with Gasteiger partial charge in [-0.15, -0.1) is 5.92 Å². The molecule has 2 heteroatoms. The smallest absolute Gasteiger partial charge is 0.0700 e. The van der Waals surface area contributed by atoms with Gasteiger partial charge in [0.05, 0.1) is 12.1 Å². The first kappa shape index (κ1) is 12.6. The normalized spacial score (nSPS) is 8.55. The van der Waals surface area contributed by atoms with Crippen molar-refractivity contribution in [3.8, 4) is 11.8 Å². The van der Waals surface area contributed by atoms with Crippen molar-refractivity contribution in [1.29, 1.82) is 5.53 Å². The SMILES string of the molecule is CC.CC#CC/C(=C/C)N=N. The second-order valence-electron chi connectivity index (χ2n) is 1.50. The monoisotopic (exact) mass is 152 g/mol. The average Bonchev–Trinajstić information content (AvgIpc) is 2.10. The first-order valence-electron chi connectivity index (χ1n) is 3.77. The molecule has 1 N–H and O–H groups in total. The molecule has 0 heterocycles. The minimum Gasteiger partial charge on any atom is -0.205 e. The molecule has 0 fully saturated rings. The highest BCUT2D eigenvalue weighted by atomic mass is 15.0. The molecule has 0 bridgehead atoms. The lowest BCUT2D eigenvalue weighted by Crippen LogP contribution is -1.71. The quantitative estimate of drug-likeness (QED) is 0.465. The van der Waals surface area contributed by atoms with Gasteiger partial charge in [0.2, 0.25) is 0 Å². The lowest BCUT2D eigenvalue weighted by Gasteiger charge is -1.86. The van der Waals surface area contributed by atoms with E-state index in [-0.39, 0.29) is 0 Å². The Bertz CT molecular complexity index is 170. The van der Waals surface area contributed by atoms with Crippen LogP contribution in [0.4, 0.5) is 0 Å². The van der Waals surface area contributed by atoms with Gasteiger partial charge < -0.3 is 0 Å². The molecule has 0 amide bonds. The van der Waals surface area contributed by atoms with Crippen molar-refractivity contribution in [3.63, 3.8) is 0 Å². The molecule has 0 radical (unpaired) electrons. The topological polar surface area (TPSA) is 36.2 Å². The van der Waals surface area contributed by atoms with E-state index < -0.39 is 0 Å². The third-order valence-corrected chi connectivity index (χ3v) is 0.923. The van der Waals surface area contributed by atoms with Crippen LogP contribution in [0.3, 0.4) is 0 Å². The molecule has 0 aliphatic rings. The number of allylic oxidation sites excluding steroid dienone is 2.